The van der Waals surface area contributed by atoms with Crippen LogP contribution in [0.2, 0.25) is 0 Å². The van der Waals surface area contributed by atoms with Gasteiger partial charge in [-0.3, -0.25) is 19.9 Å². The lowest BCUT2D eigenvalue weighted by Gasteiger charge is -2.31. The van der Waals surface area contributed by atoms with Gasteiger partial charge < -0.3 is 15.3 Å². The second kappa shape index (κ2) is 14.4. The molecule has 240 valence electrons. The highest BCUT2D eigenvalue weighted by Gasteiger charge is 2.38. The topological polar surface area (TPSA) is 215 Å². The number of nitrogens with one attached hydrogen (secondary N) is 4. The number of rotatable bonds is 14. The molecule has 1 aliphatic carbocycles. The minimum atomic E-state index is -4.18. The van der Waals surface area contributed by atoms with Crippen LogP contribution in [-0.2, 0) is 26.0 Å². The van der Waals surface area contributed by atoms with Gasteiger partial charge in [-0.2, -0.15) is 9.82 Å². The monoisotopic (exact) mass is 640 g/mol. The highest BCUT2D eigenvalue weighted by Crippen LogP contribution is 2.28. The van der Waals surface area contributed by atoms with E-state index in [0.29, 0.717) is 31.9 Å². The lowest BCUT2D eigenvalue weighted by molar-refractivity contribution is -0.136. The van der Waals surface area contributed by atoms with Crippen molar-refractivity contribution in [3.63, 3.8) is 0 Å². The fourth-order valence-electron chi connectivity index (χ4n) is 5.34. The SMILES string of the molecule is O=C(O)NC=NN1CCC[C@@H](CNC(=O)C[C@H](NS(=O)(=O)c2ccc3ccccc3c2)C(=O)N(CCc2nnn[nH]2)C2CC2)C1. The number of nitrogens with zero attached hydrogens (tertiary/aromatic N) is 6. The number of fused-ring (bicyclic) bond motifs is 1. The molecule has 3 amide bonds. The second-order valence-corrected chi connectivity index (χ2v) is 12.9. The van der Waals surface area contributed by atoms with E-state index in [1.165, 1.54) is 12.1 Å². The van der Waals surface area contributed by atoms with Crippen LogP contribution in [0, 0.1) is 5.92 Å². The highest BCUT2D eigenvalue weighted by molar-refractivity contribution is 7.89. The first-order valence-electron chi connectivity index (χ1n) is 14.8. The van der Waals surface area contributed by atoms with Gasteiger partial charge in [0.1, 0.15) is 18.2 Å². The summed E-state index contributed by atoms with van der Waals surface area (Å²) >= 11 is 0. The zero-order valence-corrected chi connectivity index (χ0v) is 25.3. The van der Waals surface area contributed by atoms with Crippen molar-refractivity contribution in [2.75, 3.05) is 26.2 Å². The average molecular weight is 641 g/mol. The third kappa shape index (κ3) is 8.95. The molecule has 2 aromatic carbocycles. The number of carbonyl (C=O) groups is 3. The highest BCUT2D eigenvalue weighted by atomic mass is 32.2. The zero-order chi connectivity index (χ0) is 31.8. The standard InChI is InChI=1S/C28H36N10O6S/c39-26(29-16-19-4-3-12-37(17-19)31-18-30-28(41)42)15-24(27(40)38(22-8-9-22)13-11-25-32-35-36-33-25)34-45(43,44)23-10-7-20-5-1-2-6-21(20)14-23/h1-2,5-7,10,14,18-19,22,24,34H,3-4,8-9,11-13,15-17H2,(H,29,39)(H,30,31)(H,41,42)(H,32,33,35,36)/t19-,24-/m0/s1. The van der Waals surface area contributed by atoms with Crippen molar-refractivity contribution in [2.24, 2.45) is 11.0 Å². The summed E-state index contributed by atoms with van der Waals surface area (Å²) in [5.74, 6) is -0.442. The average Bonchev–Trinajstić information content (AvgIpc) is 3.73. The van der Waals surface area contributed by atoms with Gasteiger partial charge in [-0.25, -0.2) is 18.3 Å². The maximum atomic E-state index is 13.9. The number of tetrazole rings is 1. The molecule has 5 rings (SSSR count). The Labute approximate surface area is 259 Å². The summed E-state index contributed by atoms with van der Waals surface area (Å²) in [4.78, 5) is 39.4. The Morgan fingerprint density at radius 1 is 1.16 bits per heavy atom. The Hall–Kier alpha value is -4.64. The third-order valence-electron chi connectivity index (χ3n) is 7.76. The summed E-state index contributed by atoms with van der Waals surface area (Å²) in [6.45, 7) is 1.70. The summed E-state index contributed by atoms with van der Waals surface area (Å²) < 4.78 is 29.7. The molecule has 2 fully saturated rings. The molecule has 5 N–H and O–H groups in total. The molecule has 1 aromatic heterocycles. The zero-order valence-electron chi connectivity index (χ0n) is 24.5. The molecule has 0 bridgehead atoms. The Balaban J connectivity index is 1.28. The van der Waals surface area contributed by atoms with E-state index in [1.54, 1.807) is 22.0 Å². The number of piperidine rings is 1. The van der Waals surface area contributed by atoms with E-state index in [-0.39, 0.29) is 23.4 Å². The number of hydrogen-bond acceptors (Lipinski definition) is 10. The predicted molar refractivity (Wildman–Crippen MR) is 162 cm³/mol. The molecule has 0 radical (unpaired) electrons. The number of hydrazone groups is 1. The molecule has 16 nitrogen and oxygen atoms in total. The van der Waals surface area contributed by atoms with E-state index in [0.717, 1.165) is 42.8 Å². The van der Waals surface area contributed by atoms with Crippen LogP contribution in [0.5, 0.6) is 0 Å². The van der Waals surface area contributed by atoms with Crippen LogP contribution in [0.3, 0.4) is 0 Å². The van der Waals surface area contributed by atoms with Gasteiger partial charge in [-0.05, 0) is 64.9 Å². The van der Waals surface area contributed by atoms with E-state index < -0.39 is 40.4 Å². The maximum absolute atomic E-state index is 13.9. The molecule has 0 unspecified atom stereocenters. The fraction of sp³-hybridized carbons (Fsp3) is 0.464. The largest absolute Gasteiger partial charge is 0.465 e. The van der Waals surface area contributed by atoms with Gasteiger partial charge in [0.05, 0.1) is 11.3 Å². The third-order valence-corrected chi connectivity index (χ3v) is 9.23. The molecule has 2 heterocycles. The Morgan fingerprint density at radius 2 is 1.96 bits per heavy atom. The minimum Gasteiger partial charge on any atom is -0.465 e. The number of sulfonamides is 1. The van der Waals surface area contributed by atoms with E-state index in [2.05, 4.69) is 41.1 Å². The van der Waals surface area contributed by atoms with Crippen LogP contribution < -0.4 is 15.4 Å². The second-order valence-electron chi connectivity index (χ2n) is 11.2. The normalized spacial score (nSPS) is 17.7. The molecule has 1 aliphatic heterocycles. The molecule has 3 aromatic rings. The molecule has 17 heteroatoms. The van der Waals surface area contributed by atoms with Crippen LogP contribution >= 0.6 is 0 Å². The molecule has 1 saturated heterocycles. The van der Waals surface area contributed by atoms with E-state index in [4.69, 9.17) is 5.11 Å². The predicted octanol–water partition coefficient (Wildman–Crippen LogP) is 0.663. The fourth-order valence-corrected chi connectivity index (χ4v) is 6.56. The van der Waals surface area contributed by atoms with Crippen molar-refractivity contribution in [1.29, 1.82) is 0 Å². The van der Waals surface area contributed by atoms with Crippen molar-refractivity contribution in [1.82, 2.24) is 45.9 Å². The lowest BCUT2D eigenvalue weighted by Crippen LogP contribution is -2.52. The van der Waals surface area contributed by atoms with Crippen molar-refractivity contribution in [3.05, 3.63) is 48.3 Å². The van der Waals surface area contributed by atoms with Crippen LogP contribution in [0.4, 0.5) is 4.79 Å². The van der Waals surface area contributed by atoms with Crippen molar-refractivity contribution in [2.45, 2.75) is 55.5 Å². The summed E-state index contributed by atoms with van der Waals surface area (Å²) in [6.07, 6.45) is 3.01. The quantitative estimate of drug-likeness (QED) is 0.123. The maximum Gasteiger partial charge on any atom is 0.409 e. The number of benzene rings is 2. The molecular weight excluding hydrogens is 604 g/mol. The van der Waals surface area contributed by atoms with Crippen LogP contribution in [0.1, 0.15) is 37.9 Å². The Kier molecular flexibility index (Phi) is 10.2. The molecular formula is C28H36N10O6S. The number of carboxylic acid groups (broad SMARTS) is 1. The molecule has 45 heavy (non-hydrogen) atoms. The number of amides is 3. The molecule has 1 saturated carbocycles. The summed E-state index contributed by atoms with van der Waals surface area (Å²) in [7, 11) is -4.18. The van der Waals surface area contributed by atoms with Gasteiger partial charge in [-0.1, -0.05) is 30.3 Å². The molecule has 0 spiro atoms. The first-order chi connectivity index (χ1) is 21.7. The number of aromatic amines is 1. The minimum absolute atomic E-state index is 0.00893. The number of carbonyl (C=O) groups excluding carboxylic acids is 2. The first kappa shape index (κ1) is 31.8. The van der Waals surface area contributed by atoms with Crippen LogP contribution in [0.15, 0.2) is 52.5 Å². The van der Waals surface area contributed by atoms with Gasteiger partial charge in [-0.15, -0.1) is 5.10 Å². The van der Waals surface area contributed by atoms with E-state index >= 15 is 0 Å². The number of H-pyrrole nitrogens is 1. The van der Waals surface area contributed by atoms with Gasteiger partial charge in [0, 0.05) is 38.6 Å². The van der Waals surface area contributed by atoms with Crippen molar-refractivity contribution >= 4 is 45.0 Å². The summed E-state index contributed by atoms with van der Waals surface area (Å²) in [5, 5.41) is 34.7. The molecule has 2 aliphatic rings. The van der Waals surface area contributed by atoms with E-state index in [9.17, 15) is 22.8 Å². The lowest BCUT2D eigenvalue weighted by atomic mass is 9.99. The number of hydrogen-bond donors (Lipinski definition) is 5. The smallest absolute Gasteiger partial charge is 0.409 e. The van der Waals surface area contributed by atoms with Crippen molar-refractivity contribution in [3.8, 4) is 0 Å². The summed E-state index contributed by atoms with van der Waals surface area (Å²) in [5.41, 5.74) is 0. The van der Waals surface area contributed by atoms with Gasteiger partial charge in [0.15, 0.2) is 0 Å². The first-order valence-corrected chi connectivity index (χ1v) is 16.2. The van der Waals surface area contributed by atoms with Gasteiger partial charge in [0.25, 0.3) is 0 Å². The van der Waals surface area contributed by atoms with E-state index in [1.807, 2.05) is 18.2 Å². The van der Waals surface area contributed by atoms with Gasteiger partial charge in [0.2, 0.25) is 21.8 Å². The number of aromatic nitrogens is 4. The Morgan fingerprint density at radius 3 is 2.69 bits per heavy atom. The Bertz CT molecular complexity index is 1630. The van der Waals surface area contributed by atoms with Crippen LogP contribution in [0.25, 0.3) is 10.8 Å². The van der Waals surface area contributed by atoms with Gasteiger partial charge >= 0.3 is 6.09 Å². The van der Waals surface area contributed by atoms with Crippen LogP contribution in [-0.4, -0.2) is 107 Å². The van der Waals surface area contributed by atoms with Crippen molar-refractivity contribution < 1.29 is 27.9 Å². The summed E-state index contributed by atoms with van der Waals surface area (Å²) in [6, 6.07) is 10.7. The molecule has 2 atom stereocenters.